The summed E-state index contributed by atoms with van der Waals surface area (Å²) in [6, 6.07) is 13.6. The van der Waals surface area contributed by atoms with Gasteiger partial charge in [0.25, 0.3) is 0 Å². The maximum absolute atomic E-state index is 10.7. The molecule has 1 aromatic carbocycles. The number of rotatable bonds is 6. The Labute approximate surface area is 168 Å². The SMILES string of the molecule is CC(C)c1csc(C(O)C(C)NC2CCCC(c3ccccc3)C2)c1.Cl. The van der Waals surface area contributed by atoms with Crippen molar-refractivity contribution in [2.24, 2.45) is 0 Å². The van der Waals surface area contributed by atoms with Gasteiger partial charge in [0.1, 0.15) is 6.10 Å². The largest absolute Gasteiger partial charge is 0.386 e. The summed E-state index contributed by atoms with van der Waals surface area (Å²) in [4.78, 5) is 1.08. The number of nitrogens with one attached hydrogen (secondary N) is 1. The van der Waals surface area contributed by atoms with Crippen molar-refractivity contribution in [1.29, 1.82) is 0 Å². The number of benzene rings is 1. The second-order valence-electron chi connectivity index (χ2n) is 7.81. The fourth-order valence-corrected chi connectivity index (χ4v) is 5.06. The van der Waals surface area contributed by atoms with Crippen molar-refractivity contribution in [2.75, 3.05) is 0 Å². The Balaban J connectivity index is 0.00000243. The molecule has 0 spiro atoms. The Morgan fingerprint density at radius 2 is 1.85 bits per heavy atom. The van der Waals surface area contributed by atoms with Crippen LogP contribution in [0, 0.1) is 0 Å². The highest BCUT2D eigenvalue weighted by Gasteiger charge is 2.27. The molecular weight excluding hydrogens is 362 g/mol. The zero-order valence-electron chi connectivity index (χ0n) is 16.0. The minimum Gasteiger partial charge on any atom is -0.386 e. The van der Waals surface area contributed by atoms with Gasteiger partial charge in [0, 0.05) is 17.0 Å². The van der Waals surface area contributed by atoms with Crippen molar-refractivity contribution in [3.63, 3.8) is 0 Å². The number of aliphatic hydroxyl groups excluding tert-OH is 1. The van der Waals surface area contributed by atoms with Gasteiger partial charge < -0.3 is 10.4 Å². The van der Waals surface area contributed by atoms with Crippen LogP contribution in [0.1, 0.15) is 80.4 Å². The van der Waals surface area contributed by atoms with E-state index >= 15 is 0 Å². The van der Waals surface area contributed by atoms with Crippen molar-refractivity contribution >= 4 is 23.7 Å². The van der Waals surface area contributed by atoms with Gasteiger partial charge in [-0.3, -0.25) is 0 Å². The molecule has 26 heavy (non-hydrogen) atoms. The smallest absolute Gasteiger partial charge is 0.103 e. The molecule has 2 aromatic rings. The first-order chi connectivity index (χ1) is 12.0. The van der Waals surface area contributed by atoms with Crippen LogP contribution in [0.15, 0.2) is 41.8 Å². The van der Waals surface area contributed by atoms with Crippen LogP contribution in [-0.2, 0) is 0 Å². The van der Waals surface area contributed by atoms with E-state index in [0.29, 0.717) is 17.9 Å². The molecule has 0 saturated heterocycles. The molecule has 0 radical (unpaired) electrons. The van der Waals surface area contributed by atoms with Crippen molar-refractivity contribution in [3.05, 3.63) is 57.8 Å². The maximum atomic E-state index is 10.7. The van der Waals surface area contributed by atoms with Crippen LogP contribution in [0.4, 0.5) is 0 Å². The first-order valence-corrected chi connectivity index (χ1v) is 10.5. The molecule has 4 unspecified atom stereocenters. The molecule has 3 rings (SSSR count). The molecule has 0 aliphatic heterocycles. The Bertz CT molecular complexity index is 657. The lowest BCUT2D eigenvalue weighted by Crippen LogP contribution is -2.42. The molecule has 4 atom stereocenters. The average Bonchev–Trinajstić information content (AvgIpc) is 3.12. The zero-order valence-corrected chi connectivity index (χ0v) is 17.7. The fraction of sp³-hybridized carbons (Fsp3) is 0.545. The highest BCUT2D eigenvalue weighted by atomic mass is 35.5. The summed E-state index contributed by atoms with van der Waals surface area (Å²) in [5.41, 5.74) is 2.79. The predicted molar refractivity (Wildman–Crippen MR) is 115 cm³/mol. The molecule has 4 heteroatoms. The van der Waals surface area contributed by atoms with Crippen LogP contribution in [0.2, 0.25) is 0 Å². The number of thiophene rings is 1. The van der Waals surface area contributed by atoms with Crippen LogP contribution in [0.5, 0.6) is 0 Å². The predicted octanol–water partition coefficient (Wildman–Crippen LogP) is 6.03. The lowest BCUT2D eigenvalue weighted by atomic mass is 9.81. The number of halogens is 1. The molecule has 1 heterocycles. The van der Waals surface area contributed by atoms with E-state index in [4.69, 9.17) is 0 Å². The third kappa shape index (κ3) is 5.32. The highest BCUT2D eigenvalue weighted by molar-refractivity contribution is 7.10. The van der Waals surface area contributed by atoms with Crippen LogP contribution in [0.3, 0.4) is 0 Å². The summed E-state index contributed by atoms with van der Waals surface area (Å²) in [5, 5.41) is 16.6. The van der Waals surface area contributed by atoms with E-state index in [1.165, 1.54) is 36.8 Å². The van der Waals surface area contributed by atoms with Crippen molar-refractivity contribution in [1.82, 2.24) is 5.32 Å². The van der Waals surface area contributed by atoms with E-state index in [0.717, 1.165) is 4.88 Å². The second-order valence-corrected chi connectivity index (χ2v) is 8.75. The van der Waals surface area contributed by atoms with E-state index in [9.17, 15) is 5.11 Å². The number of aliphatic hydroxyl groups is 1. The summed E-state index contributed by atoms with van der Waals surface area (Å²) in [7, 11) is 0. The molecule has 2 N–H and O–H groups in total. The zero-order chi connectivity index (χ0) is 17.8. The molecule has 144 valence electrons. The Hall–Kier alpha value is -0.870. The number of hydrogen-bond acceptors (Lipinski definition) is 3. The first-order valence-electron chi connectivity index (χ1n) is 9.62. The minimum absolute atomic E-state index is 0. The normalized spacial score (nSPS) is 22.7. The van der Waals surface area contributed by atoms with Crippen molar-refractivity contribution in [3.8, 4) is 0 Å². The van der Waals surface area contributed by atoms with E-state index in [-0.39, 0.29) is 18.4 Å². The molecule has 1 fully saturated rings. The summed E-state index contributed by atoms with van der Waals surface area (Å²) >= 11 is 1.68. The van der Waals surface area contributed by atoms with Gasteiger partial charge in [0.2, 0.25) is 0 Å². The third-order valence-corrected chi connectivity index (χ3v) is 6.54. The van der Waals surface area contributed by atoms with Gasteiger partial charge in [-0.05, 0) is 60.6 Å². The quantitative estimate of drug-likeness (QED) is 0.627. The van der Waals surface area contributed by atoms with Crippen LogP contribution in [-0.4, -0.2) is 17.2 Å². The van der Waals surface area contributed by atoms with E-state index in [2.05, 4.69) is 67.9 Å². The molecule has 1 aliphatic rings. The first kappa shape index (κ1) is 21.4. The Kier molecular flexibility index (Phi) is 8.15. The van der Waals surface area contributed by atoms with E-state index < -0.39 is 6.10 Å². The average molecular weight is 394 g/mol. The molecule has 1 aromatic heterocycles. The van der Waals surface area contributed by atoms with Gasteiger partial charge in [-0.2, -0.15) is 0 Å². The number of hydrogen-bond donors (Lipinski definition) is 2. The minimum atomic E-state index is -0.422. The summed E-state index contributed by atoms with van der Waals surface area (Å²) in [5.74, 6) is 1.16. The maximum Gasteiger partial charge on any atom is 0.103 e. The van der Waals surface area contributed by atoms with Gasteiger partial charge in [-0.1, -0.05) is 50.6 Å². The standard InChI is InChI=1S/C22H31NOS.ClH/c1-15(2)19-13-21(25-14-19)22(24)16(3)23-20-11-7-10-18(12-20)17-8-5-4-6-9-17;/h4-6,8-9,13-16,18,20,22-24H,7,10-12H2,1-3H3;1H. The molecule has 1 aliphatic carbocycles. The van der Waals surface area contributed by atoms with Crippen molar-refractivity contribution in [2.45, 2.75) is 76.5 Å². The summed E-state index contributed by atoms with van der Waals surface area (Å²) in [6.45, 7) is 6.52. The van der Waals surface area contributed by atoms with Gasteiger partial charge in [-0.15, -0.1) is 23.7 Å². The van der Waals surface area contributed by atoms with Gasteiger partial charge in [0.05, 0.1) is 0 Å². The summed E-state index contributed by atoms with van der Waals surface area (Å²) < 4.78 is 0. The van der Waals surface area contributed by atoms with E-state index in [1.54, 1.807) is 11.3 Å². The second kappa shape index (κ2) is 9.89. The van der Waals surface area contributed by atoms with Gasteiger partial charge >= 0.3 is 0 Å². The van der Waals surface area contributed by atoms with Crippen LogP contribution in [0.25, 0.3) is 0 Å². The van der Waals surface area contributed by atoms with Crippen LogP contribution < -0.4 is 5.32 Å². The third-order valence-electron chi connectivity index (χ3n) is 5.52. The topological polar surface area (TPSA) is 32.3 Å². The molecular formula is C22H32ClNOS. The van der Waals surface area contributed by atoms with E-state index in [1.807, 2.05) is 0 Å². The molecule has 0 bridgehead atoms. The molecule has 2 nitrogen and oxygen atoms in total. The molecule has 1 saturated carbocycles. The van der Waals surface area contributed by atoms with Gasteiger partial charge in [-0.25, -0.2) is 0 Å². The Morgan fingerprint density at radius 1 is 1.12 bits per heavy atom. The summed E-state index contributed by atoms with van der Waals surface area (Å²) in [6.07, 6.45) is 4.50. The molecule has 0 amide bonds. The Morgan fingerprint density at radius 3 is 2.50 bits per heavy atom. The highest BCUT2D eigenvalue weighted by Crippen LogP contribution is 2.34. The monoisotopic (exact) mass is 393 g/mol. The lowest BCUT2D eigenvalue weighted by molar-refractivity contribution is 0.126. The lowest BCUT2D eigenvalue weighted by Gasteiger charge is -2.33. The van der Waals surface area contributed by atoms with Gasteiger partial charge in [0.15, 0.2) is 0 Å². The fourth-order valence-electron chi connectivity index (χ4n) is 3.90. The van der Waals surface area contributed by atoms with Crippen LogP contribution >= 0.6 is 23.7 Å². The van der Waals surface area contributed by atoms with Crippen molar-refractivity contribution < 1.29 is 5.11 Å².